The van der Waals surface area contributed by atoms with Crippen molar-refractivity contribution < 1.29 is 0 Å². The highest BCUT2D eigenvalue weighted by Crippen LogP contribution is 2.49. The van der Waals surface area contributed by atoms with Gasteiger partial charge in [0.1, 0.15) is 0 Å². The summed E-state index contributed by atoms with van der Waals surface area (Å²) in [5.74, 6) is 0. The van der Waals surface area contributed by atoms with Crippen LogP contribution in [-0.2, 0) is 0 Å². The van der Waals surface area contributed by atoms with Crippen molar-refractivity contribution in [3.8, 4) is 45.1 Å². The fourth-order valence-electron chi connectivity index (χ4n) is 9.73. The number of hydrogen-bond donors (Lipinski definition) is 0. The lowest BCUT2D eigenvalue weighted by Crippen LogP contribution is -1.94. The van der Waals surface area contributed by atoms with E-state index in [1.807, 2.05) is 24.4 Å². The van der Waals surface area contributed by atoms with Crippen molar-refractivity contribution in [3.63, 3.8) is 0 Å². The zero-order valence-electron chi connectivity index (χ0n) is 30.7. The molecule has 3 heteroatoms. The van der Waals surface area contributed by atoms with Crippen molar-refractivity contribution in [1.29, 1.82) is 5.26 Å². The smallest absolute Gasteiger partial charge is 0.0992 e. The van der Waals surface area contributed by atoms with Crippen molar-refractivity contribution in [3.05, 3.63) is 194 Å². The summed E-state index contributed by atoms with van der Waals surface area (Å²) in [7, 11) is 0. The maximum Gasteiger partial charge on any atom is 0.0992 e. The molecule has 2 aromatic heterocycles. The molecule has 0 N–H and O–H groups in total. The van der Waals surface area contributed by atoms with E-state index < -0.39 is 0 Å². The molecule has 0 aliphatic heterocycles. The van der Waals surface area contributed by atoms with Gasteiger partial charge >= 0.3 is 0 Å². The van der Waals surface area contributed by atoms with Gasteiger partial charge in [0.2, 0.25) is 0 Å². The van der Waals surface area contributed by atoms with Gasteiger partial charge in [-0.05, 0) is 118 Å². The van der Waals surface area contributed by atoms with Crippen molar-refractivity contribution in [2.45, 2.75) is 0 Å². The number of benzene rings is 10. The monoisotopic (exact) mass is 721 g/mol. The van der Waals surface area contributed by atoms with Gasteiger partial charge < -0.3 is 4.57 Å². The lowest BCUT2D eigenvalue weighted by molar-refractivity contribution is 1.14. The second kappa shape index (κ2) is 12.1. The van der Waals surface area contributed by atoms with Crippen LogP contribution >= 0.6 is 0 Å². The van der Waals surface area contributed by atoms with E-state index in [0.29, 0.717) is 5.56 Å². The highest BCUT2D eigenvalue weighted by atomic mass is 15.0. The van der Waals surface area contributed by atoms with Crippen LogP contribution < -0.4 is 0 Å². The summed E-state index contributed by atoms with van der Waals surface area (Å²) in [5.41, 5.74) is 11.1. The molecule has 0 amide bonds. The van der Waals surface area contributed by atoms with E-state index in [0.717, 1.165) is 27.5 Å². The molecule has 2 heterocycles. The predicted molar refractivity (Wildman–Crippen MR) is 238 cm³/mol. The SMILES string of the molecule is N#Cc1cc2ccc3c(-c4ccc(-c5c6ccccc6c(-c6cccc7ccccc67)c6ccccc56)c5ccccc45)ccc4c3c2c(c1)n4-c1cccnc1. The molecular formula is C54H31N3. The molecule has 0 saturated heterocycles. The molecule has 12 rings (SSSR count). The number of rotatable bonds is 4. The third kappa shape index (κ3) is 4.50. The largest absolute Gasteiger partial charge is 0.308 e. The van der Waals surface area contributed by atoms with Crippen molar-refractivity contribution in [1.82, 2.24) is 9.55 Å². The topological polar surface area (TPSA) is 41.6 Å². The molecule has 0 unspecified atom stereocenters. The van der Waals surface area contributed by atoms with Gasteiger partial charge in [-0.15, -0.1) is 0 Å². The summed E-state index contributed by atoms with van der Waals surface area (Å²) in [6.07, 6.45) is 3.69. The first-order valence-corrected chi connectivity index (χ1v) is 19.3. The zero-order valence-corrected chi connectivity index (χ0v) is 30.7. The number of aromatic nitrogens is 2. The lowest BCUT2D eigenvalue weighted by Gasteiger charge is -2.20. The molecule has 0 atom stereocenters. The third-order valence-electron chi connectivity index (χ3n) is 12.0. The van der Waals surface area contributed by atoms with E-state index in [9.17, 15) is 5.26 Å². The van der Waals surface area contributed by atoms with Crippen LogP contribution in [0.2, 0.25) is 0 Å². The zero-order chi connectivity index (χ0) is 37.6. The van der Waals surface area contributed by atoms with Gasteiger partial charge in [-0.25, -0.2) is 0 Å². The Morgan fingerprint density at radius 1 is 0.404 bits per heavy atom. The van der Waals surface area contributed by atoms with Crippen LogP contribution in [0.1, 0.15) is 5.56 Å². The quantitative estimate of drug-likeness (QED) is 0.134. The van der Waals surface area contributed by atoms with Gasteiger partial charge in [-0.2, -0.15) is 5.26 Å². The number of nitrogens with zero attached hydrogens (tertiary/aromatic N) is 3. The summed E-state index contributed by atoms with van der Waals surface area (Å²) in [4.78, 5) is 4.46. The average molecular weight is 722 g/mol. The fourth-order valence-corrected chi connectivity index (χ4v) is 9.73. The predicted octanol–water partition coefficient (Wildman–Crippen LogP) is 14.3. The minimum atomic E-state index is 0.644. The maximum absolute atomic E-state index is 9.99. The van der Waals surface area contributed by atoms with Crippen molar-refractivity contribution >= 4 is 75.7 Å². The highest BCUT2D eigenvalue weighted by molar-refractivity contribution is 6.29. The maximum atomic E-state index is 9.99. The standard InChI is InChI=1S/C54H31N3/c55-31-33-29-35-22-23-48-41(26-27-49-54(48)51(35)50(30-33)57(49)36-13-10-28-56-32-36)40-24-25-47(39-16-4-3-15-38(39)40)53-45-19-7-5-17-43(45)52(44-18-6-8-20-46(44)53)42-21-9-12-34-11-1-2-14-37(34)42/h1-30,32H. The molecule has 0 spiro atoms. The molecule has 10 aromatic carbocycles. The number of nitriles is 1. The van der Waals surface area contributed by atoms with Crippen LogP contribution in [0.3, 0.4) is 0 Å². The molecule has 0 aliphatic carbocycles. The third-order valence-corrected chi connectivity index (χ3v) is 12.0. The summed E-state index contributed by atoms with van der Waals surface area (Å²) >= 11 is 0. The Morgan fingerprint density at radius 2 is 0.982 bits per heavy atom. The van der Waals surface area contributed by atoms with E-state index >= 15 is 0 Å². The second-order valence-electron chi connectivity index (χ2n) is 14.9. The summed E-state index contributed by atoms with van der Waals surface area (Å²) < 4.78 is 2.25. The Morgan fingerprint density at radius 3 is 1.67 bits per heavy atom. The first kappa shape index (κ1) is 31.5. The van der Waals surface area contributed by atoms with Gasteiger partial charge in [0.15, 0.2) is 0 Å². The van der Waals surface area contributed by atoms with Gasteiger partial charge in [0.05, 0.1) is 34.6 Å². The molecule has 3 nitrogen and oxygen atoms in total. The molecular weight excluding hydrogens is 691 g/mol. The first-order valence-electron chi connectivity index (χ1n) is 19.3. The van der Waals surface area contributed by atoms with E-state index in [-0.39, 0.29) is 0 Å². The van der Waals surface area contributed by atoms with Crippen LogP contribution in [-0.4, -0.2) is 9.55 Å². The summed E-state index contributed by atoms with van der Waals surface area (Å²) in [6, 6.07) is 66.2. The van der Waals surface area contributed by atoms with Gasteiger partial charge in [-0.3, -0.25) is 4.98 Å². The van der Waals surface area contributed by atoms with Crippen LogP contribution in [0.15, 0.2) is 188 Å². The normalized spacial score (nSPS) is 11.8. The molecule has 262 valence electrons. The van der Waals surface area contributed by atoms with Crippen LogP contribution in [0.4, 0.5) is 0 Å². The minimum absolute atomic E-state index is 0.644. The minimum Gasteiger partial charge on any atom is -0.308 e. The van der Waals surface area contributed by atoms with Crippen LogP contribution in [0.25, 0.3) is 115 Å². The number of fused-ring (bicyclic) bond motifs is 4. The number of pyridine rings is 1. The Labute approximate surface area is 328 Å². The highest BCUT2D eigenvalue weighted by Gasteiger charge is 2.23. The number of hydrogen-bond acceptors (Lipinski definition) is 2. The Bertz CT molecular complexity index is 3580. The molecule has 12 aromatic rings. The summed E-state index contributed by atoms with van der Waals surface area (Å²) in [5, 5.41) is 24.5. The second-order valence-corrected chi connectivity index (χ2v) is 14.9. The van der Waals surface area contributed by atoms with Crippen molar-refractivity contribution in [2.75, 3.05) is 0 Å². The Hall–Kier alpha value is -7.80. The summed E-state index contributed by atoms with van der Waals surface area (Å²) in [6.45, 7) is 0. The molecule has 0 aliphatic rings. The van der Waals surface area contributed by atoms with Crippen LogP contribution in [0.5, 0.6) is 0 Å². The molecule has 0 fully saturated rings. The fraction of sp³-hybridized carbons (Fsp3) is 0. The molecule has 0 bridgehead atoms. The molecule has 0 saturated carbocycles. The Kier molecular flexibility index (Phi) is 6.70. The first-order chi connectivity index (χ1) is 28.3. The van der Waals surface area contributed by atoms with Gasteiger partial charge in [0, 0.05) is 17.0 Å². The van der Waals surface area contributed by atoms with Crippen LogP contribution in [0, 0.1) is 11.3 Å². The van der Waals surface area contributed by atoms with Gasteiger partial charge in [-0.1, -0.05) is 146 Å². The molecule has 57 heavy (non-hydrogen) atoms. The van der Waals surface area contributed by atoms with E-state index in [2.05, 4.69) is 173 Å². The van der Waals surface area contributed by atoms with E-state index in [4.69, 9.17) is 0 Å². The van der Waals surface area contributed by atoms with Crippen molar-refractivity contribution in [2.24, 2.45) is 0 Å². The van der Waals surface area contributed by atoms with E-state index in [1.54, 1.807) is 6.20 Å². The lowest BCUT2D eigenvalue weighted by atomic mass is 9.82. The average Bonchev–Trinajstić information content (AvgIpc) is 3.62. The molecule has 0 radical (unpaired) electrons. The Balaban J connectivity index is 1.14. The van der Waals surface area contributed by atoms with E-state index in [1.165, 1.54) is 87.2 Å². The van der Waals surface area contributed by atoms with Gasteiger partial charge in [0.25, 0.3) is 0 Å².